The molecule has 1 unspecified atom stereocenters. The Morgan fingerprint density at radius 2 is 1.77 bits per heavy atom. The molecule has 7 heteroatoms. The Hall–Kier alpha value is -3.09. The fourth-order valence-corrected chi connectivity index (χ4v) is 3.68. The second-order valence-electron chi connectivity index (χ2n) is 7.93. The number of anilines is 1. The van der Waals surface area contributed by atoms with Crippen LogP contribution in [-0.2, 0) is 6.42 Å². The lowest BCUT2D eigenvalue weighted by Gasteiger charge is -2.36. The summed E-state index contributed by atoms with van der Waals surface area (Å²) in [7, 11) is 1.65. The Labute approximate surface area is 183 Å². The third-order valence-electron chi connectivity index (χ3n) is 5.66. The number of methoxy groups -OCH3 is 1. The van der Waals surface area contributed by atoms with Gasteiger partial charge in [0.15, 0.2) is 5.78 Å². The molecular formula is C24H30FN3O3. The van der Waals surface area contributed by atoms with Crippen molar-refractivity contribution in [1.82, 2.24) is 10.2 Å². The zero-order valence-corrected chi connectivity index (χ0v) is 18.4. The summed E-state index contributed by atoms with van der Waals surface area (Å²) >= 11 is 0. The van der Waals surface area contributed by atoms with Crippen LogP contribution >= 0.6 is 0 Å². The highest BCUT2D eigenvalue weighted by molar-refractivity contribution is 5.94. The minimum absolute atomic E-state index is 0.0456. The van der Waals surface area contributed by atoms with Gasteiger partial charge in [-0.1, -0.05) is 12.1 Å². The molecule has 1 fully saturated rings. The molecule has 1 saturated heterocycles. The lowest BCUT2D eigenvalue weighted by Crippen LogP contribution is -2.53. The van der Waals surface area contributed by atoms with Gasteiger partial charge in [-0.05, 0) is 62.6 Å². The number of carbonyl (C=O) groups is 2. The number of benzene rings is 2. The lowest BCUT2D eigenvalue weighted by molar-refractivity contribution is 0.101. The highest BCUT2D eigenvalue weighted by Crippen LogP contribution is 2.22. The lowest BCUT2D eigenvalue weighted by atomic mass is 10.1. The molecule has 1 heterocycles. The van der Waals surface area contributed by atoms with Crippen molar-refractivity contribution in [3.8, 4) is 5.75 Å². The predicted octanol–water partition coefficient (Wildman–Crippen LogP) is 3.89. The van der Waals surface area contributed by atoms with Gasteiger partial charge in [-0.3, -0.25) is 4.79 Å². The zero-order valence-electron chi connectivity index (χ0n) is 18.4. The number of aryl methyl sites for hydroxylation is 1. The second-order valence-corrected chi connectivity index (χ2v) is 7.93. The number of halogens is 1. The van der Waals surface area contributed by atoms with E-state index in [1.54, 1.807) is 24.1 Å². The predicted molar refractivity (Wildman–Crippen MR) is 119 cm³/mol. The standard InChI is InChI=1S/C24H30FN3O3/c1-17(4-5-19-6-9-21(31-3)10-7-19)26-24(30)28-14-12-27(13-15-28)23-11-8-20(18(2)29)16-22(23)25/h6-11,16-17H,4-5,12-15H2,1-3H3,(H,26,30). The van der Waals surface area contributed by atoms with Gasteiger partial charge in [-0.25, -0.2) is 9.18 Å². The second kappa shape index (κ2) is 10.3. The zero-order chi connectivity index (χ0) is 22.4. The molecule has 2 amide bonds. The van der Waals surface area contributed by atoms with E-state index < -0.39 is 5.82 Å². The molecule has 1 N–H and O–H groups in total. The van der Waals surface area contributed by atoms with Gasteiger partial charge in [0, 0.05) is 37.8 Å². The Morgan fingerprint density at radius 1 is 1.10 bits per heavy atom. The van der Waals surface area contributed by atoms with Crippen LogP contribution in [0.25, 0.3) is 0 Å². The van der Waals surface area contributed by atoms with Crippen LogP contribution in [0, 0.1) is 5.82 Å². The van der Waals surface area contributed by atoms with Crippen molar-refractivity contribution in [2.24, 2.45) is 0 Å². The first-order valence-corrected chi connectivity index (χ1v) is 10.6. The highest BCUT2D eigenvalue weighted by Gasteiger charge is 2.24. The van der Waals surface area contributed by atoms with E-state index in [0.29, 0.717) is 37.4 Å². The van der Waals surface area contributed by atoms with Crippen molar-refractivity contribution in [3.63, 3.8) is 0 Å². The summed E-state index contributed by atoms with van der Waals surface area (Å²) in [5.41, 5.74) is 2.04. The van der Waals surface area contributed by atoms with Crippen LogP contribution in [0.15, 0.2) is 42.5 Å². The molecule has 2 aromatic carbocycles. The first kappa shape index (κ1) is 22.6. The van der Waals surface area contributed by atoms with E-state index in [-0.39, 0.29) is 17.9 Å². The first-order valence-electron chi connectivity index (χ1n) is 10.6. The minimum atomic E-state index is -0.405. The van der Waals surface area contributed by atoms with Crippen molar-refractivity contribution < 1.29 is 18.7 Å². The number of piperazine rings is 1. The van der Waals surface area contributed by atoms with Gasteiger partial charge in [-0.15, -0.1) is 0 Å². The fraction of sp³-hybridized carbons (Fsp3) is 0.417. The summed E-state index contributed by atoms with van der Waals surface area (Å²) in [6, 6.07) is 12.5. The van der Waals surface area contributed by atoms with Crippen molar-refractivity contribution in [3.05, 3.63) is 59.4 Å². The average Bonchev–Trinajstić information content (AvgIpc) is 2.78. The number of hydrogen-bond acceptors (Lipinski definition) is 4. The smallest absolute Gasteiger partial charge is 0.317 e. The van der Waals surface area contributed by atoms with Gasteiger partial charge in [0.2, 0.25) is 0 Å². The molecular weight excluding hydrogens is 397 g/mol. The van der Waals surface area contributed by atoms with Crippen LogP contribution in [0.3, 0.4) is 0 Å². The molecule has 2 aromatic rings. The van der Waals surface area contributed by atoms with E-state index >= 15 is 0 Å². The van der Waals surface area contributed by atoms with Gasteiger partial charge in [0.05, 0.1) is 12.8 Å². The Morgan fingerprint density at radius 3 is 2.35 bits per heavy atom. The fourth-order valence-electron chi connectivity index (χ4n) is 3.68. The number of ketones is 1. The van der Waals surface area contributed by atoms with Crippen molar-refractivity contribution in [2.75, 3.05) is 38.2 Å². The largest absolute Gasteiger partial charge is 0.497 e. The third-order valence-corrected chi connectivity index (χ3v) is 5.66. The molecule has 0 saturated carbocycles. The van der Waals surface area contributed by atoms with E-state index in [1.165, 1.54) is 18.6 Å². The number of amides is 2. The van der Waals surface area contributed by atoms with Gasteiger partial charge in [-0.2, -0.15) is 0 Å². The van der Waals surface area contributed by atoms with Crippen molar-refractivity contribution in [2.45, 2.75) is 32.7 Å². The summed E-state index contributed by atoms with van der Waals surface area (Å²) in [4.78, 5) is 27.7. The van der Waals surface area contributed by atoms with E-state index in [1.807, 2.05) is 36.1 Å². The molecule has 0 aliphatic carbocycles. The van der Waals surface area contributed by atoms with Gasteiger partial charge in [0.25, 0.3) is 0 Å². The molecule has 0 bridgehead atoms. The Balaban J connectivity index is 1.45. The van der Waals surface area contributed by atoms with Crippen LogP contribution < -0.4 is 15.0 Å². The van der Waals surface area contributed by atoms with Crippen LogP contribution in [0.4, 0.5) is 14.9 Å². The highest BCUT2D eigenvalue weighted by atomic mass is 19.1. The third kappa shape index (κ3) is 5.96. The molecule has 3 rings (SSSR count). The maximum absolute atomic E-state index is 14.4. The number of carbonyl (C=O) groups excluding carboxylic acids is 2. The summed E-state index contributed by atoms with van der Waals surface area (Å²) < 4.78 is 19.6. The normalized spacial score (nSPS) is 14.8. The Kier molecular flexibility index (Phi) is 7.50. The topological polar surface area (TPSA) is 61.9 Å². The first-order chi connectivity index (χ1) is 14.9. The Bertz CT molecular complexity index is 909. The summed E-state index contributed by atoms with van der Waals surface area (Å²) in [5.74, 6) is 0.268. The molecule has 1 atom stereocenters. The SMILES string of the molecule is COc1ccc(CCC(C)NC(=O)N2CCN(c3ccc(C(C)=O)cc3F)CC2)cc1. The summed E-state index contributed by atoms with van der Waals surface area (Å²) in [5, 5.41) is 3.06. The number of nitrogens with zero attached hydrogens (tertiary/aromatic N) is 2. The monoisotopic (exact) mass is 427 g/mol. The molecule has 31 heavy (non-hydrogen) atoms. The van der Waals surface area contributed by atoms with Gasteiger partial charge < -0.3 is 19.9 Å². The number of ether oxygens (including phenoxy) is 1. The van der Waals surface area contributed by atoms with E-state index in [2.05, 4.69) is 5.32 Å². The van der Waals surface area contributed by atoms with Crippen LogP contribution in [0.1, 0.15) is 36.2 Å². The maximum Gasteiger partial charge on any atom is 0.317 e. The van der Waals surface area contributed by atoms with Gasteiger partial charge >= 0.3 is 6.03 Å². The van der Waals surface area contributed by atoms with Gasteiger partial charge in [0.1, 0.15) is 11.6 Å². The molecule has 0 spiro atoms. The quantitative estimate of drug-likeness (QED) is 0.681. The van der Waals surface area contributed by atoms with Crippen molar-refractivity contribution in [1.29, 1.82) is 0 Å². The number of nitrogens with one attached hydrogen (secondary N) is 1. The summed E-state index contributed by atoms with van der Waals surface area (Å²) in [6.07, 6.45) is 1.71. The molecule has 1 aliphatic heterocycles. The van der Waals surface area contributed by atoms with E-state index in [9.17, 15) is 14.0 Å². The minimum Gasteiger partial charge on any atom is -0.497 e. The maximum atomic E-state index is 14.4. The average molecular weight is 428 g/mol. The molecule has 1 aliphatic rings. The molecule has 6 nitrogen and oxygen atoms in total. The summed E-state index contributed by atoms with van der Waals surface area (Å²) in [6.45, 7) is 5.55. The molecule has 0 radical (unpaired) electrons. The van der Waals surface area contributed by atoms with E-state index in [0.717, 1.165) is 18.6 Å². The van der Waals surface area contributed by atoms with Crippen molar-refractivity contribution >= 4 is 17.5 Å². The van der Waals surface area contributed by atoms with Crippen LogP contribution in [0.2, 0.25) is 0 Å². The molecule has 0 aromatic heterocycles. The van der Waals surface area contributed by atoms with E-state index in [4.69, 9.17) is 4.74 Å². The number of hydrogen-bond donors (Lipinski definition) is 1. The molecule has 166 valence electrons. The number of rotatable bonds is 7. The van der Waals surface area contributed by atoms with Crippen LogP contribution in [-0.4, -0.2) is 56.0 Å². The number of Topliss-reactive ketones (excluding diaryl/α,β-unsaturated/α-hetero) is 1. The number of urea groups is 1. The van der Waals surface area contributed by atoms with Crippen LogP contribution in [0.5, 0.6) is 5.75 Å².